The molecule has 3 heteroatoms. The number of carboxylic acids is 1. The van der Waals surface area contributed by atoms with Crippen LogP contribution in [-0.4, -0.2) is 22.3 Å². The van der Waals surface area contributed by atoms with Crippen molar-refractivity contribution in [3.05, 3.63) is 0 Å². The summed E-state index contributed by atoms with van der Waals surface area (Å²) in [5, 5.41) is 17.7. The van der Waals surface area contributed by atoms with Gasteiger partial charge in [0.15, 0.2) is 0 Å². The predicted octanol–water partition coefficient (Wildman–Crippen LogP) is 1.11. The molecule has 2 atom stereocenters. The Balaban J connectivity index is 4.01. The Morgan fingerprint density at radius 1 is 1.36 bits per heavy atom. The molecule has 66 valence electrons. The number of aliphatic hydroxyl groups excluding tert-OH is 1. The number of carboxylic acid groups (broad SMARTS) is 1. The number of aliphatic carboxylic acids is 1. The smallest absolute Gasteiger partial charge is 0.309 e. The van der Waals surface area contributed by atoms with Crippen LogP contribution < -0.4 is 0 Å². The zero-order valence-electron chi connectivity index (χ0n) is 7.24. The largest absolute Gasteiger partial charge is 0.481 e. The van der Waals surface area contributed by atoms with E-state index < -0.39 is 18.0 Å². The van der Waals surface area contributed by atoms with Crippen molar-refractivity contribution in [2.24, 2.45) is 11.8 Å². The minimum atomic E-state index is -0.909. The summed E-state index contributed by atoms with van der Waals surface area (Å²) >= 11 is 0. The van der Waals surface area contributed by atoms with E-state index in [0.29, 0.717) is 12.3 Å². The SMILES string of the molecule is CC(C)CC(C(=O)O)C(C)O. The zero-order chi connectivity index (χ0) is 9.02. The highest BCUT2D eigenvalue weighted by molar-refractivity contribution is 5.70. The lowest BCUT2D eigenvalue weighted by Crippen LogP contribution is -2.26. The molecule has 0 aliphatic carbocycles. The minimum absolute atomic E-state index is 0.311. The van der Waals surface area contributed by atoms with Crippen molar-refractivity contribution in [3.63, 3.8) is 0 Å². The van der Waals surface area contributed by atoms with E-state index in [4.69, 9.17) is 10.2 Å². The number of hydrogen-bond acceptors (Lipinski definition) is 2. The summed E-state index contributed by atoms with van der Waals surface area (Å²) in [5.74, 6) is -1.21. The van der Waals surface area contributed by atoms with Gasteiger partial charge in [-0.05, 0) is 19.3 Å². The second-order valence-electron chi connectivity index (χ2n) is 3.31. The van der Waals surface area contributed by atoms with Crippen molar-refractivity contribution < 1.29 is 15.0 Å². The van der Waals surface area contributed by atoms with Crippen LogP contribution in [0.25, 0.3) is 0 Å². The van der Waals surface area contributed by atoms with E-state index in [-0.39, 0.29) is 0 Å². The molecule has 0 amide bonds. The van der Waals surface area contributed by atoms with Crippen LogP contribution in [-0.2, 0) is 4.79 Å². The Hall–Kier alpha value is -0.570. The standard InChI is InChI=1S/C8H16O3/c1-5(2)4-7(6(3)9)8(10)11/h5-7,9H,4H2,1-3H3,(H,10,11). The van der Waals surface area contributed by atoms with Gasteiger partial charge in [0.1, 0.15) is 0 Å². The molecule has 0 aromatic rings. The monoisotopic (exact) mass is 160 g/mol. The van der Waals surface area contributed by atoms with Crippen LogP contribution >= 0.6 is 0 Å². The Morgan fingerprint density at radius 3 is 1.91 bits per heavy atom. The Morgan fingerprint density at radius 2 is 1.82 bits per heavy atom. The summed E-state index contributed by atoms with van der Waals surface area (Å²) in [7, 11) is 0. The van der Waals surface area contributed by atoms with Gasteiger partial charge in [0.2, 0.25) is 0 Å². The summed E-state index contributed by atoms with van der Waals surface area (Å²) in [4.78, 5) is 10.5. The molecule has 3 nitrogen and oxygen atoms in total. The average molecular weight is 160 g/mol. The average Bonchev–Trinajstić information content (AvgIpc) is 1.81. The summed E-state index contributed by atoms with van der Waals surface area (Å²) in [5.41, 5.74) is 0. The molecule has 0 fully saturated rings. The molecule has 0 heterocycles. The highest BCUT2D eigenvalue weighted by Gasteiger charge is 2.23. The van der Waals surface area contributed by atoms with E-state index in [1.807, 2.05) is 13.8 Å². The van der Waals surface area contributed by atoms with Crippen molar-refractivity contribution in [3.8, 4) is 0 Å². The zero-order valence-corrected chi connectivity index (χ0v) is 7.24. The van der Waals surface area contributed by atoms with Crippen LogP contribution in [0, 0.1) is 11.8 Å². The molecule has 0 saturated carbocycles. The van der Waals surface area contributed by atoms with Gasteiger partial charge in [0, 0.05) is 0 Å². The van der Waals surface area contributed by atoms with Gasteiger partial charge in [-0.3, -0.25) is 4.79 Å². The maximum atomic E-state index is 10.5. The Bertz CT molecular complexity index is 129. The van der Waals surface area contributed by atoms with E-state index in [9.17, 15) is 4.79 Å². The highest BCUT2D eigenvalue weighted by Crippen LogP contribution is 2.15. The second-order valence-corrected chi connectivity index (χ2v) is 3.31. The van der Waals surface area contributed by atoms with Crippen molar-refractivity contribution in [1.82, 2.24) is 0 Å². The molecule has 0 rings (SSSR count). The third-order valence-electron chi connectivity index (χ3n) is 1.62. The van der Waals surface area contributed by atoms with E-state index in [2.05, 4.69) is 0 Å². The quantitative estimate of drug-likeness (QED) is 0.647. The van der Waals surface area contributed by atoms with Gasteiger partial charge < -0.3 is 10.2 Å². The molecular formula is C8H16O3. The van der Waals surface area contributed by atoms with Gasteiger partial charge in [0.05, 0.1) is 12.0 Å². The lowest BCUT2D eigenvalue weighted by molar-refractivity contribution is -0.146. The van der Waals surface area contributed by atoms with Crippen LogP contribution in [0.2, 0.25) is 0 Å². The van der Waals surface area contributed by atoms with E-state index >= 15 is 0 Å². The molecular weight excluding hydrogens is 144 g/mol. The van der Waals surface area contributed by atoms with Crippen molar-refractivity contribution in [2.45, 2.75) is 33.3 Å². The molecule has 0 aromatic heterocycles. The lowest BCUT2D eigenvalue weighted by atomic mass is 9.93. The van der Waals surface area contributed by atoms with Crippen LogP contribution in [0.3, 0.4) is 0 Å². The van der Waals surface area contributed by atoms with Crippen LogP contribution in [0.15, 0.2) is 0 Å². The summed E-state index contributed by atoms with van der Waals surface area (Å²) in [6, 6.07) is 0. The minimum Gasteiger partial charge on any atom is -0.481 e. The summed E-state index contributed by atoms with van der Waals surface area (Å²) < 4.78 is 0. The molecule has 0 spiro atoms. The van der Waals surface area contributed by atoms with E-state index in [1.54, 1.807) is 0 Å². The molecule has 11 heavy (non-hydrogen) atoms. The van der Waals surface area contributed by atoms with Crippen molar-refractivity contribution in [2.75, 3.05) is 0 Å². The lowest BCUT2D eigenvalue weighted by Gasteiger charge is -2.16. The third kappa shape index (κ3) is 3.98. The number of aliphatic hydroxyl groups is 1. The Kier molecular flexibility index (Phi) is 4.11. The first-order valence-electron chi connectivity index (χ1n) is 3.86. The summed E-state index contributed by atoms with van der Waals surface area (Å²) in [6.07, 6.45) is -0.220. The third-order valence-corrected chi connectivity index (χ3v) is 1.62. The molecule has 0 saturated heterocycles. The fourth-order valence-electron chi connectivity index (χ4n) is 1.01. The van der Waals surface area contributed by atoms with Crippen molar-refractivity contribution >= 4 is 5.97 Å². The topological polar surface area (TPSA) is 57.5 Å². The maximum absolute atomic E-state index is 10.5. The van der Waals surface area contributed by atoms with E-state index in [0.717, 1.165) is 0 Å². The fourth-order valence-corrected chi connectivity index (χ4v) is 1.01. The number of carbonyl (C=O) groups is 1. The molecule has 0 radical (unpaired) electrons. The summed E-state index contributed by atoms with van der Waals surface area (Å²) in [6.45, 7) is 5.40. The molecule has 2 N–H and O–H groups in total. The molecule has 0 aromatic carbocycles. The predicted molar refractivity (Wildman–Crippen MR) is 42.3 cm³/mol. The second kappa shape index (κ2) is 4.34. The van der Waals surface area contributed by atoms with Crippen molar-refractivity contribution in [1.29, 1.82) is 0 Å². The van der Waals surface area contributed by atoms with Gasteiger partial charge in [-0.15, -0.1) is 0 Å². The Labute approximate surface area is 67.0 Å². The normalized spacial score (nSPS) is 16.5. The van der Waals surface area contributed by atoms with Crippen LogP contribution in [0.1, 0.15) is 27.2 Å². The number of hydrogen-bond donors (Lipinski definition) is 2. The molecule has 0 aliphatic rings. The first kappa shape index (κ1) is 10.4. The van der Waals surface area contributed by atoms with Crippen LogP contribution in [0.4, 0.5) is 0 Å². The highest BCUT2D eigenvalue weighted by atomic mass is 16.4. The first-order valence-corrected chi connectivity index (χ1v) is 3.86. The van der Waals surface area contributed by atoms with Gasteiger partial charge in [-0.1, -0.05) is 13.8 Å². The van der Waals surface area contributed by atoms with Gasteiger partial charge in [0.25, 0.3) is 0 Å². The molecule has 0 aliphatic heterocycles. The maximum Gasteiger partial charge on any atom is 0.309 e. The first-order chi connectivity index (χ1) is 4.95. The van der Waals surface area contributed by atoms with E-state index in [1.165, 1.54) is 6.92 Å². The van der Waals surface area contributed by atoms with Gasteiger partial charge in [-0.25, -0.2) is 0 Å². The molecule has 2 unspecified atom stereocenters. The van der Waals surface area contributed by atoms with Gasteiger partial charge in [-0.2, -0.15) is 0 Å². The molecule has 0 bridgehead atoms. The fraction of sp³-hybridized carbons (Fsp3) is 0.875. The van der Waals surface area contributed by atoms with Gasteiger partial charge >= 0.3 is 5.97 Å². The number of rotatable bonds is 4. The van der Waals surface area contributed by atoms with Crippen LogP contribution in [0.5, 0.6) is 0 Å².